The van der Waals surface area contributed by atoms with Crippen molar-refractivity contribution in [1.82, 2.24) is 20.2 Å². The molecule has 1 aliphatic carbocycles. The summed E-state index contributed by atoms with van der Waals surface area (Å²) >= 11 is 5.89. The zero-order chi connectivity index (χ0) is 26.2. The maximum atomic E-state index is 13.9. The number of hydrogen-bond donors (Lipinski definition) is 3. The number of aromatic nitrogens is 2. The normalized spacial score (nSPS) is 26.3. The van der Waals surface area contributed by atoms with Crippen LogP contribution in [0.1, 0.15) is 72.4 Å². The molecule has 0 radical (unpaired) electrons. The molecule has 38 heavy (non-hydrogen) atoms. The van der Waals surface area contributed by atoms with Gasteiger partial charge in [-0.3, -0.25) is 9.59 Å². The van der Waals surface area contributed by atoms with Crippen LogP contribution in [-0.2, 0) is 4.79 Å². The zero-order valence-corrected chi connectivity index (χ0v) is 21.8. The van der Waals surface area contributed by atoms with Crippen LogP contribution < -0.4 is 10.6 Å². The molecule has 0 spiro atoms. The maximum absolute atomic E-state index is 13.9. The molecule has 3 N–H and O–H groups in total. The van der Waals surface area contributed by atoms with Gasteiger partial charge in [-0.05, 0) is 55.0 Å². The van der Waals surface area contributed by atoms with E-state index in [9.17, 15) is 14.0 Å². The van der Waals surface area contributed by atoms with Crippen molar-refractivity contribution in [2.45, 2.75) is 56.7 Å². The van der Waals surface area contributed by atoms with E-state index in [0.29, 0.717) is 18.5 Å². The van der Waals surface area contributed by atoms with Crippen LogP contribution in [0, 0.1) is 17.7 Å². The smallest absolute Gasteiger partial charge is 0.251 e. The molecule has 2 aliphatic heterocycles. The van der Waals surface area contributed by atoms with Gasteiger partial charge in [0.15, 0.2) is 0 Å². The van der Waals surface area contributed by atoms with Crippen molar-refractivity contribution >= 4 is 29.1 Å². The molecular formula is C29H31ClFN5O2. The fourth-order valence-corrected chi connectivity index (χ4v) is 6.78. The number of nitrogens with one attached hydrogen (secondary N) is 3. The number of hydrogen-bond acceptors (Lipinski definition) is 4. The lowest BCUT2D eigenvalue weighted by Crippen LogP contribution is -2.45. The van der Waals surface area contributed by atoms with Gasteiger partial charge in [-0.1, -0.05) is 42.6 Å². The third kappa shape index (κ3) is 4.66. The summed E-state index contributed by atoms with van der Waals surface area (Å²) in [6.07, 6.45) is 8.61. The standard InChI is InChI=1S/C29H31ClFN5O2/c30-21-15-18(9-10-22(21)31)29(38)35-23-7-3-1-5-17(23)16-25(37)36-14-11-20-26(28-32-12-13-33-28)34-24-8-4-2-6-19(24)27(20)36/h2,4,6,8-10,12-13,15,17,20,23,26-27,34H,1,3,5,7,11,14,16H2,(H,32,33)(H,35,38)/t17-,20-,23-,26-,27+/m1/s1. The predicted molar refractivity (Wildman–Crippen MR) is 143 cm³/mol. The van der Waals surface area contributed by atoms with Crippen molar-refractivity contribution in [2.24, 2.45) is 11.8 Å². The van der Waals surface area contributed by atoms with Crippen molar-refractivity contribution < 1.29 is 14.0 Å². The number of halogens is 2. The molecular weight excluding hydrogens is 505 g/mol. The highest BCUT2D eigenvalue weighted by atomic mass is 35.5. The molecule has 2 aromatic carbocycles. The molecule has 0 unspecified atom stereocenters. The molecule has 1 saturated heterocycles. The van der Waals surface area contributed by atoms with Crippen LogP contribution in [-0.4, -0.2) is 39.3 Å². The monoisotopic (exact) mass is 535 g/mol. The molecule has 6 rings (SSSR count). The second-order valence-corrected chi connectivity index (χ2v) is 11.0. The maximum Gasteiger partial charge on any atom is 0.251 e. The van der Waals surface area contributed by atoms with Gasteiger partial charge in [-0.25, -0.2) is 9.37 Å². The largest absolute Gasteiger partial charge is 0.375 e. The summed E-state index contributed by atoms with van der Waals surface area (Å²) in [5.74, 6) is 0.439. The Bertz CT molecular complexity index is 1330. The summed E-state index contributed by atoms with van der Waals surface area (Å²) in [5, 5.41) is 6.69. The molecule has 7 nitrogen and oxygen atoms in total. The average molecular weight is 536 g/mol. The van der Waals surface area contributed by atoms with E-state index in [1.807, 2.05) is 23.2 Å². The van der Waals surface area contributed by atoms with Crippen molar-refractivity contribution in [1.29, 1.82) is 0 Å². The lowest BCUT2D eigenvalue weighted by Gasteiger charge is -2.40. The van der Waals surface area contributed by atoms with Crippen LogP contribution in [0.15, 0.2) is 54.9 Å². The van der Waals surface area contributed by atoms with E-state index < -0.39 is 5.82 Å². The lowest BCUT2D eigenvalue weighted by atomic mass is 9.81. The van der Waals surface area contributed by atoms with Crippen molar-refractivity contribution in [3.63, 3.8) is 0 Å². The Morgan fingerprint density at radius 3 is 2.79 bits per heavy atom. The van der Waals surface area contributed by atoms with Gasteiger partial charge in [0.25, 0.3) is 5.91 Å². The van der Waals surface area contributed by atoms with E-state index in [1.54, 1.807) is 6.20 Å². The number of fused-ring (bicyclic) bond motifs is 3. The number of para-hydroxylation sites is 1. The minimum atomic E-state index is -0.554. The van der Waals surface area contributed by atoms with E-state index in [4.69, 9.17) is 11.6 Å². The van der Waals surface area contributed by atoms with Crippen LogP contribution in [0.25, 0.3) is 0 Å². The molecule has 9 heteroatoms. The molecule has 198 valence electrons. The Morgan fingerprint density at radius 1 is 1.13 bits per heavy atom. The Balaban J connectivity index is 1.19. The summed E-state index contributed by atoms with van der Waals surface area (Å²) in [4.78, 5) is 36.6. The first-order valence-electron chi connectivity index (χ1n) is 13.4. The number of carbonyl (C=O) groups is 2. The fourth-order valence-electron chi connectivity index (χ4n) is 6.60. The Kier molecular flexibility index (Phi) is 6.82. The number of nitrogens with zero attached hydrogens (tertiary/aromatic N) is 2. The zero-order valence-electron chi connectivity index (χ0n) is 21.0. The van der Waals surface area contributed by atoms with Crippen molar-refractivity contribution in [3.05, 3.63) is 82.6 Å². The van der Waals surface area contributed by atoms with Gasteiger partial charge >= 0.3 is 0 Å². The van der Waals surface area contributed by atoms with E-state index >= 15 is 0 Å². The molecule has 1 saturated carbocycles. The summed E-state index contributed by atoms with van der Waals surface area (Å²) in [6, 6.07) is 12.1. The first kappa shape index (κ1) is 24.9. The van der Waals surface area contributed by atoms with Gasteiger partial charge in [0.2, 0.25) is 5.91 Å². The van der Waals surface area contributed by atoms with Gasteiger partial charge in [0.1, 0.15) is 11.6 Å². The lowest BCUT2D eigenvalue weighted by molar-refractivity contribution is -0.134. The van der Waals surface area contributed by atoms with Crippen LogP contribution >= 0.6 is 11.6 Å². The summed E-state index contributed by atoms with van der Waals surface area (Å²) in [7, 11) is 0. The number of H-pyrrole nitrogens is 1. The molecule has 1 aromatic heterocycles. The van der Waals surface area contributed by atoms with Crippen molar-refractivity contribution in [3.8, 4) is 0 Å². The number of amides is 2. The molecule has 2 fully saturated rings. The van der Waals surface area contributed by atoms with Crippen LogP contribution in [0.4, 0.5) is 10.1 Å². The number of rotatable bonds is 5. The second kappa shape index (κ2) is 10.4. The van der Waals surface area contributed by atoms with Gasteiger partial charge in [-0.2, -0.15) is 0 Å². The first-order chi connectivity index (χ1) is 18.5. The highest BCUT2D eigenvalue weighted by Gasteiger charge is 2.47. The van der Waals surface area contributed by atoms with E-state index in [2.05, 4.69) is 32.7 Å². The van der Waals surface area contributed by atoms with E-state index in [0.717, 1.165) is 49.2 Å². The summed E-state index contributed by atoms with van der Waals surface area (Å²) in [5.41, 5.74) is 2.51. The van der Waals surface area contributed by atoms with Gasteiger partial charge in [0.05, 0.1) is 17.1 Å². The minimum Gasteiger partial charge on any atom is -0.375 e. The third-order valence-corrected chi connectivity index (χ3v) is 8.73. The van der Waals surface area contributed by atoms with Crippen molar-refractivity contribution in [2.75, 3.05) is 11.9 Å². The van der Waals surface area contributed by atoms with Crippen LogP contribution in [0.5, 0.6) is 0 Å². The summed E-state index contributed by atoms with van der Waals surface area (Å²) < 4.78 is 13.6. The Labute approximate surface area is 226 Å². The number of aromatic amines is 1. The minimum absolute atomic E-state index is 0.00644. The Hall–Kier alpha value is -3.39. The third-order valence-electron chi connectivity index (χ3n) is 8.44. The van der Waals surface area contributed by atoms with E-state index in [-0.39, 0.29) is 46.8 Å². The molecule has 2 amide bonds. The number of likely N-dealkylation sites (tertiary alicyclic amines) is 1. The number of anilines is 1. The van der Waals surface area contributed by atoms with E-state index in [1.165, 1.54) is 18.2 Å². The fraction of sp³-hybridized carbons (Fsp3) is 0.414. The summed E-state index contributed by atoms with van der Waals surface area (Å²) in [6.45, 7) is 0.694. The molecule has 0 bridgehead atoms. The van der Waals surface area contributed by atoms with Crippen LogP contribution in [0.2, 0.25) is 5.02 Å². The topological polar surface area (TPSA) is 90.1 Å². The van der Waals surface area contributed by atoms with Crippen LogP contribution in [0.3, 0.4) is 0 Å². The molecule has 5 atom stereocenters. The predicted octanol–water partition coefficient (Wildman–Crippen LogP) is 5.64. The van der Waals surface area contributed by atoms with Gasteiger partial charge in [-0.15, -0.1) is 0 Å². The number of benzene rings is 2. The first-order valence-corrected chi connectivity index (χ1v) is 13.8. The molecule has 3 aromatic rings. The SMILES string of the molecule is O=C(N[C@@H]1CCCC[C@@H]1CC(=O)N1CC[C@@H]2[C@H](c3ncc[nH]3)Nc3ccccc3[C@@H]21)c1ccc(F)c(Cl)c1. The van der Waals surface area contributed by atoms with Gasteiger partial charge < -0.3 is 20.5 Å². The van der Waals surface area contributed by atoms with Gasteiger partial charge in [0, 0.05) is 48.6 Å². The molecule has 3 heterocycles. The second-order valence-electron chi connectivity index (χ2n) is 10.6. The average Bonchev–Trinajstić information content (AvgIpc) is 3.62. The Morgan fingerprint density at radius 2 is 1.97 bits per heavy atom. The highest BCUT2D eigenvalue weighted by molar-refractivity contribution is 6.31. The quantitative estimate of drug-likeness (QED) is 0.394. The molecule has 3 aliphatic rings. The number of carbonyl (C=O) groups excluding carboxylic acids is 2. The highest BCUT2D eigenvalue weighted by Crippen LogP contribution is 2.51. The number of imidazole rings is 1.